The van der Waals surface area contributed by atoms with Gasteiger partial charge in [0, 0.05) is 28.5 Å². The number of phenols is 1. The van der Waals surface area contributed by atoms with E-state index in [0.29, 0.717) is 6.42 Å². The molecule has 2 unspecified atom stereocenters. The number of fused-ring (bicyclic) bond motifs is 1. The van der Waals surface area contributed by atoms with Crippen molar-refractivity contribution >= 4 is 0 Å². The summed E-state index contributed by atoms with van der Waals surface area (Å²) in [5.74, 6) is 1.10. The number of phenolic OH excluding ortho intramolecular Hbond substituents is 1. The predicted molar refractivity (Wildman–Crippen MR) is 120 cm³/mol. The summed E-state index contributed by atoms with van der Waals surface area (Å²) in [6.45, 7) is 2.28. The number of hydrogen-bond donors (Lipinski definition) is 1. The quantitative estimate of drug-likeness (QED) is 0.436. The van der Waals surface area contributed by atoms with Crippen LogP contribution in [0.4, 0.5) is 0 Å². The molecule has 148 valence electrons. The van der Waals surface area contributed by atoms with E-state index >= 15 is 0 Å². The van der Waals surface area contributed by atoms with Gasteiger partial charge in [0.1, 0.15) is 11.5 Å². The number of benzene rings is 4. The van der Waals surface area contributed by atoms with Crippen LogP contribution in [0.2, 0.25) is 0 Å². The van der Waals surface area contributed by atoms with Gasteiger partial charge in [-0.1, -0.05) is 104 Å². The molecule has 2 atom stereocenters. The third kappa shape index (κ3) is 2.80. The molecule has 0 bridgehead atoms. The second-order valence-corrected chi connectivity index (χ2v) is 8.18. The van der Waals surface area contributed by atoms with E-state index in [1.54, 1.807) is 6.07 Å². The van der Waals surface area contributed by atoms with Gasteiger partial charge >= 0.3 is 0 Å². The van der Waals surface area contributed by atoms with Crippen LogP contribution in [0.15, 0.2) is 109 Å². The van der Waals surface area contributed by atoms with Crippen molar-refractivity contribution in [1.82, 2.24) is 0 Å². The predicted octanol–water partition coefficient (Wildman–Crippen LogP) is 6.42. The highest BCUT2D eigenvalue weighted by Crippen LogP contribution is 2.55. The minimum atomic E-state index is -0.814. The molecule has 0 saturated carbocycles. The summed E-state index contributed by atoms with van der Waals surface area (Å²) in [5, 5.41) is 10.9. The van der Waals surface area contributed by atoms with E-state index in [9.17, 15) is 5.11 Å². The molecule has 0 amide bonds. The fourth-order valence-electron chi connectivity index (χ4n) is 4.88. The van der Waals surface area contributed by atoms with Gasteiger partial charge < -0.3 is 9.84 Å². The number of para-hydroxylation sites is 2. The topological polar surface area (TPSA) is 29.5 Å². The van der Waals surface area contributed by atoms with Crippen molar-refractivity contribution in [2.45, 2.75) is 24.4 Å². The smallest absolute Gasteiger partial charge is 0.164 e. The van der Waals surface area contributed by atoms with Crippen LogP contribution in [0.5, 0.6) is 11.5 Å². The molecule has 1 aliphatic heterocycles. The second-order valence-electron chi connectivity index (χ2n) is 8.18. The van der Waals surface area contributed by atoms with E-state index in [4.69, 9.17) is 4.74 Å². The van der Waals surface area contributed by atoms with Gasteiger partial charge in [-0.2, -0.15) is 0 Å². The van der Waals surface area contributed by atoms with Crippen LogP contribution < -0.4 is 4.74 Å². The Hall–Kier alpha value is -3.52. The van der Waals surface area contributed by atoms with Crippen molar-refractivity contribution in [2.75, 3.05) is 0 Å². The van der Waals surface area contributed by atoms with E-state index in [1.807, 2.05) is 54.6 Å². The molecule has 0 aromatic heterocycles. The SMILES string of the molecule is CC1(c2ccccc2)CC(c2ccccc2)(c2ccccc2O)Oc2ccccc21. The highest BCUT2D eigenvalue weighted by atomic mass is 16.5. The van der Waals surface area contributed by atoms with Crippen LogP contribution in [-0.4, -0.2) is 5.11 Å². The maximum absolute atomic E-state index is 10.9. The molecule has 1 N–H and O–H groups in total. The van der Waals surface area contributed by atoms with Crippen molar-refractivity contribution < 1.29 is 9.84 Å². The molecule has 0 fully saturated rings. The molecule has 1 heterocycles. The molecule has 5 rings (SSSR count). The summed E-state index contributed by atoms with van der Waals surface area (Å²) in [7, 11) is 0. The van der Waals surface area contributed by atoms with Crippen molar-refractivity contribution in [1.29, 1.82) is 0 Å². The minimum Gasteiger partial charge on any atom is -0.508 e. The Bertz CT molecular complexity index is 1170. The van der Waals surface area contributed by atoms with Crippen molar-refractivity contribution in [2.24, 2.45) is 0 Å². The first-order valence-corrected chi connectivity index (χ1v) is 10.3. The van der Waals surface area contributed by atoms with E-state index < -0.39 is 5.60 Å². The lowest BCUT2D eigenvalue weighted by molar-refractivity contribution is 0.0558. The molecular weight excluding hydrogens is 368 g/mol. The molecule has 1 aliphatic rings. The molecule has 0 radical (unpaired) electrons. The van der Waals surface area contributed by atoms with Gasteiger partial charge in [-0.05, 0) is 17.7 Å². The van der Waals surface area contributed by atoms with Crippen LogP contribution >= 0.6 is 0 Å². The van der Waals surface area contributed by atoms with E-state index in [1.165, 1.54) is 5.56 Å². The van der Waals surface area contributed by atoms with Crippen molar-refractivity contribution in [3.8, 4) is 11.5 Å². The molecular formula is C28H24O2. The lowest BCUT2D eigenvalue weighted by atomic mass is 9.64. The van der Waals surface area contributed by atoms with Gasteiger partial charge in [-0.3, -0.25) is 0 Å². The van der Waals surface area contributed by atoms with Crippen LogP contribution in [0.3, 0.4) is 0 Å². The number of rotatable bonds is 3. The first-order valence-electron chi connectivity index (χ1n) is 10.3. The minimum absolute atomic E-state index is 0.246. The summed E-state index contributed by atoms with van der Waals surface area (Å²) in [6.07, 6.45) is 0.669. The Labute approximate surface area is 177 Å². The van der Waals surface area contributed by atoms with Crippen LogP contribution in [0.1, 0.15) is 35.6 Å². The van der Waals surface area contributed by atoms with Gasteiger partial charge in [0.25, 0.3) is 0 Å². The second kappa shape index (κ2) is 7.07. The summed E-state index contributed by atoms with van der Waals surface area (Å²) in [5.41, 5.74) is 3.10. The summed E-state index contributed by atoms with van der Waals surface area (Å²) in [6, 6.07) is 36.6. The zero-order chi connectivity index (χ0) is 20.6. The van der Waals surface area contributed by atoms with Gasteiger partial charge in [-0.25, -0.2) is 0 Å². The van der Waals surface area contributed by atoms with Crippen LogP contribution in [0.25, 0.3) is 0 Å². The summed E-state index contributed by atoms with van der Waals surface area (Å²) >= 11 is 0. The highest BCUT2D eigenvalue weighted by Gasteiger charge is 2.50. The zero-order valence-electron chi connectivity index (χ0n) is 17.0. The molecule has 4 aromatic carbocycles. The van der Waals surface area contributed by atoms with E-state index in [2.05, 4.69) is 55.5 Å². The molecule has 4 aromatic rings. The molecule has 2 nitrogen and oxygen atoms in total. The summed E-state index contributed by atoms with van der Waals surface area (Å²) < 4.78 is 6.83. The maximum Gasteiger partial charge on any atom is 0.164 e. The normalized spacial score (nSPS) is 22.7. The maximum atomic E-state index is 10.9. The lowest BCUT2D eigenvalue weighted by Gasteiger charge is -2.48. The molecule has 30 heavy (non-hydrogen) atoms. The number of hydrogen-bond acceptors (Lipinski definition) is 2. The first-order chi connectivity index (χ1) is 14.6. The largest absolute Gasteiger partial charge is 0.508 e. The van der Waals surface area contributed by atoms with Crippen molar-refractivity contribution in [3.63, 3.8) is 0 Å². The van der Waals surface area contributed by atoms with Gasteiger partial charge in [0.15, 0.2) is 5.60 Å². The molecule has 0 aliphatic carbocycles. The van der Waals surface area contributed by atoms with Crippen molar-refractivity contribution in [3.05, 3.63) is 131 Å². The molecule has 0 spiro atoms. The van der Waals surface area contributed by atoms with Gasteiger partial charge in [-0.15, -0.1) is 0 Å². The standard InChI is InChI=1S/C28H24O2/c1-27(21-12-4-2-5-13-21)20-28(22-14-6-3-7-15-22,23-16-8-10-18-25(23)29)30-26-19-11-9-17-24(26)27/h2-19,29H,20H2,1H3. The van der Waals surface area contributed by atoms with Crippen LogP contribution in [-0.2, 0) is 11.0 Å². The van der Waals surface area contributed by atoms with Gasteiger partial charge in [0.2, 0.25) is 0 Å². The summed E-state index contributed by atoms with van der Waals surface area (Å²) in [4.78, 5) is 0. The number of aromatic hydroxyl groups is 1. The zero-order valence-corrected chi connectivity index (χ0v) is 17.0. The highest BCUT2D eigenvalue weighted by molar-refractivity contribution is 5.55. The fourth-order valence-corrected chi connectivity index (χ4v) is 4.88. The Kier molecular flexibility index (Phi) is 4.36. The third-order valence-corrected chi connectivity index (χ3v) is 6.36. The lowest BCUT2D eigenvalue weighted by Crippen LogP contribution is -2.46. The number of ether oxygens (including phenoxy) is 1. The Balaban J connectivity index is 1.83. The van der Waals surface area contributed by atoms with Crippen LogP contribution in [0, 0.1) is 0 Å². The fraction of sp³-hybridized carbons (Fsp3) is 0.143. The Morgan fingerprint density at radius 1 is 0.633 bits per heavy atom. The average molecular weight is 392 g/mol. The Morgan fingerprint density at radius 3 is 1.83 bits per heavy atom. The molecule has 2 heteroatoms. The van der Waals surface area contributed by atoms with E-state index in [-0.39, 0.29) is 11.2 Å². The third-order valence-electron chi connectivity index (χ3n) is 6.36. The molecule has 0 saturated heterocycles. The monoisotopic (exact) mass is 392 g/mol. The Morgan fingerprint density at radius 2 is 1.17 bits per heavy atom. The van der Waals surface area contributed by atoms with E-state index in [0.717, 1.165) is 22.4 Å². The average Bonchev–Trinajstić information content (AvgIpc) is 2.80. The van der Waals surface area contributed by atoms with Gasteiger partial charge in [0.05, 0.1) is 0 Å². The first kappa shape index (κ1) is 18.5.